The lowest BCUT2D eigenvalue weighted by molar-refractivity contribution is -0.0449. The van der Waals surface area contributed by atoms with Crippen LogP contribution < -0.4 is 14.8 Å². The molecule has 0 amide bonds. The minimum Gasteiger partial charge on any atom is -0.493 e. The molecule has 5 nitrogen and oxygen atoms in total. The summed E-state index contributed by atoms with van der Waals surface area (Å²) in [5, 5.41) is 13.0. The van der Waals surface area contributed by atoms with Crippen LogP contribution in [0.2, 0.25) is 0 Å². The number of hydrogen-bond donors (Lipinski definition) is 2. The maximum atomic E-state index is 9.86. The summed E-state index contributed by atoms with van der Waals surface area (Å²) in [5.74, 6) is 1.33. The summed E-state index contributed by atoms with van der Waals surface area (Å²) < 4.78 is 15.9. The number of anilines is 1. The van der Waals surface area contributed by atoms with E-state index in [1.165, 1.54) is 0 Å². The van der Waals surface area contributed by atoms with Crippen LogP contribution in [-0.4, -0.2) is 44.2 Å². The van der Waals surface area contributed by atoms with E-state index in [4.69, 9.17) is 14.2 Å². The van der Waals surface area contributed by atoms with Crippen molar-refractivity contribution in [1.29, 1.82) is 0 Å². The van der Waals surface area contributed by atoms with Crippen molar-refractivity contribution in [3.05, 3.63) is 18.2 Å². The molecule has 0 aromatic heterocycles. The predicted molar refractivity (Wildman–Crippen MR) is 79.7 cm³/mol. The summed E-state index contributed by atoms with van der Waals surface area (Å²) in [5.41, 5.74) is 0.613. The Morgan fingerprint density at radius 3 is 2.35 bits per heavy atom. The zero-order valence-electron chi connectivity index (χ0n) is 12.9. The number of ether oxygens (including phenoxy) is 3. The topological polar surface area (TPSA) is 60.0 Å². The molecule has 2 N–H and O–H groups in total. The number of methoxy groups -OCH3 is 2. The highest BCUT2D eigenvalue weighted by molar-refractivity contribution is 5.54. The molecule has 0 fully saturated rings. The van der Waals surface area contributed by atoms with Crippen molar-refractivity contribution in [2.75, 3.05) is 32.7 Å². The Morgan fingerprint density at radius 1 is 1.15 bits per heavy atom. The molecular formula is C15H25NO4. The molecular weight excluding hydrogens is 258 g/mol. The molecule has 20 heavy (non-hydrogen) atoms. The van der Waals surface area contributed by atoms with Crippen LogP contribution in [-0.2, 0) is 4.74 Å². The third-order valence-electron chi connectivity index (χ3n) is 2.63. The van der Waals surface area contributed by atoms with Crippen molar-refractivity contribution < 1.29 is 19.3 Å². The van der Waals surface area contributed by atoms with Gasteiger partial charge in [0.2, 0.25) is 0 Å². The molecule has 0 saturated heterocycles. The fourth-order valence-electron chi connectivity index (χ4n) is 1.59. The van der Waals surface area contributed by atoms with Crippen LogP contribution >= 0.6 is 0 Å². The fourth-order valence-corrected chi connectivity index (χ4v) is 1.59. The SMILES string of the molecule is COc1ccc(NCC(O)COC(C)(C)C)cc1OC. The van der Waals surface area contributed by atoms with Gasteiger partial charge in [-0.1, -0.05) is 0 Å². The molecule has 5 heteroatoms. The van der Waals surface area contributed by atoms with Gasteiger partial charge in [-0.2, -0.15) is 0 Å². The molecule has 0 aliphatic carbocycles. The third kappa shape index (κ3) is 5.67. The van der Waals surface area contributed by atoms with E-state index in [9.17, 15) is 5.11 Å². The van der Waals surface area contributed by atoms with Gasteiger partial charge >= 0.3 is 0 Å². The van der Waals surface area contributed by atoms with E-state index in [2.05, 4.69) is 5.32 Å². The maximum Gasteiger partial charge on any atom is 0.162 e. The van der Waals surface area contributed by atoms with Crippen LogP contribution in [0.5, 0.6) is 11.5 Å². The molecule has 0 heterocycles. The standard InChI is InChI=1S/C15H25NO4/c1-15(2,3)20-10-12(17)9-16-11-6-7-13(18-4)14(8-11)19-5/h6-8,12,16-17H,9-10H2,1-5H3. The zero-order chi connectivity index (χ0) is 15.2. The van der Waals surface area contributed by atoms with E-state index in [1.807, 2.05) is 39.0 Å². The minimum absolute atomic E-state index is 0.246. The first-order chi connectivity index (χ1) is 9.35. The lowest BCUT2D eigenvalue weighted by Crippen LogP contribution is -2.30. The highest BCUT2D eigenvalue weighted by atomic mass is 16.5. The van der Waals surface area contributed by atoms with Gasteiger partial charge < -0.3 is 24.6 Å². The van der Waals surface area contributed by atoms with E-state index in [0.717, 1.165) is 5.69 Å². The van der Waals surface area contributed by atoms with Crippen LogP contribution in [0.1, 0.15) is 20.8 Å². The van der Waals surface area contributed by atoms with Crippen LogP contribution in [0.25, 0.3) is 0 Å². The molecule has 0 bridgehead atoms. The maximum absolute atomic E-state index is 9.86. The largest absolute Gasteiger partial charge is 0.493 e. The molecule has 0 saturated carbocycles. The average Bonchev–Trinajstić information content (AvgIpc) is 2.41. The van der Waals surface area contributed by atoms with E-state index in [0.29, 0.717) is 24.7 Å². The van der Waals surface area contributed by atoms with Gasteiger partial charge in [0.25, 0.3) is 0 Å². The van der Waals surface area contributed by atoms with Gasteiger partial charge in [0, 0.05) is 18.3 Å². The van der Waals surface area contributed by atoms with Crippen LogP contribution in [0.15, 0.2) is 18.2 Å². The first kappa shape index (κ1) is 16.6. The minimum atomic E-state index is -0.567. The second-order valence-electron chi connectivity index (χ2n) is 5.53. The van der Waals surface area contributed by atoms with Gasteiger partial charge in [-0.15, -0.1) is 0 Å². The Kier molecular flexibility index (Phi) is 6.10. The molecule has 1 unspecified atom stereocenters. The van der Waals surface area contributed by atoms with Crippen molar-refractivity contribution in [3.8, 4) is 11.5 Å². The summed E-state index contributed by atoms with van der Waals surface area (Å²) in [7, 11) is 3.19. The van der Waals surface area contributed by atoms with Crippen LogP contribution in [0, 0.1) is 0 Å². The van der Waals surface area contributed by atoms with Crippen LogP contribution in [0.3, 0.4) is 0 Å². The lowest BCUT2D eigenvalue weighted by Gasteiger charge is -2.22. The number of aliphatic hydroxyl groups excluding tert-OH is 1. The molecule has 0 aliphatic heterocycles. The molecule has 0 radical (unpaired) electrons. The summed E-state index contributed by atoms with van der Waals surface area (Å²) in [6, 6.07) is 5.52. The molecule has 1 atom stereocenters. The smallest absolute Gasteiger partial charge is 0.162 e. The summed E-state index contributed by atoms with van der Waals surface area (Å²) in [6.07, 6.45) is -0.567. The van der Waals surface area contributed by atoms with E-state index in [-0.39, 0.29) is 5.60 Å². The summed E-state index contributed by atoms with van der Waals surface area (Å²) in [6.45, 7) is 6.58. The monoisotopic (exact) mass is 283 g/mol. The molecule has 1 aromatic rings. The predicted octanol–water partition coefficient (Wildman–Crippen LogP) is 2.29. The average molecular weight is 283 g/mol. The number of nitrogens with one attached hydrogen (secondary N) is 1. The molecule has 1 aromatic carbocycles. The number of benzene rings is 1. The zero-order valence-corrected chi connectivity index (χ0v) is 12.9. The van der Waals surface area contributed by atoms with E-state index >= 15 is 0 Å². The first-order valence-electron chi connectivity index (χ1n) is 6.63. The van der Waals surface area contributed by atoms with Gasteiger partial charge in [-0.3, -0.25) is 0 Å². The quantitative estimate of drug-likeness (QED) is 0.804. The first-order valence-corrected chi connectivity index (χ1v) is 6.63. The van der Waals surface area contributed by atoms with E-state index < -0.39 is 6.10 Å². The normalized spacial score (nSPS) is 12.9. The lowest BCUT2D eigenvalue weighted by atomic mass is 10.2. The molecule has 114 valence electrons. The Morgan fingerprint density at radius 2 is 1.80 bits per heavy atom. The Hall–Kier alpha value is -1.46. The highest BCUT2D eigenvalue weighted by Crippen LogP contribution is 2.29. The van der Waals surface area contributed by atoms with Crippen molar-refractivity contribution >= 4 is 5.69 Å². The Balaban J connectivity index is 2.49. The van der Waals surface area contributed by atoms with Gasteiger partial charge in [0.15, 0.2) is 11.5 Å². The Bertz CT molecular complexity index is 415. The molecule has 1 rings (SSSR count). The van der Waals surface area contributed by atoms with Crippen LogP contribution in [0.4, 0.5) is 5.69 Å². The van der Waals surface area contributed by atoms with Crippen molar-refractivity contribution in [2.24, 2.45) is 0 Å². The van der Waals surface area contributed by atoms with Crippen molar-refractivity contribution in [3.63, 3.8) is 0 Å². The van der Waals surface area contributed by atoms with Crippen molar-refractivity contribution in [2.45, 2.75) is 32.5 Å². The Labute approximate surface area is 120 Å². The number of aliphatic hydroxyl groups is 1. The summed E-state index contributed by atoms with van der Waals surface area (Å²) >= 11 is 0. The summed E-state index contributed by atoms with van der Waals surface area (Å²) in [4.78, 5) is 0. The van der Waals surface area contributed by atoms with Crippen molar-refractivity contribution in [1.82, 2.24) is 0 Å². The fraction of sp³-hybridized carbons (Fsp3) is 0.600. The second-order valence-corrected chi connectivity index (χ2v) is 5.53. The third-order valence-corrected chi connectivity index (χ3v) is 2.63. The van der Waals surface area contributed by atoms with Gasteiger partial charge in [0.05, 0.1) is 32.5 Å². The number of rotatable bonds is 7. The second kappa shape index (κ2) is 7.36. The van der Waals surface area contributed by atoms with E-state index in [1.54, 1.807) is 14.2 Å². The van der Waals surface area contributed by atoms with Gasteiger partial charge in [-0.25, -0.2) is 0 Å². The molecule has 0 spiro atoms. The number of hydrogen-bond acceptors (Lipinski definition) is 5. The van der Waals surface area contributed by atoms with Gasteiger partial charge in [0.1, 0.15) is 0 Å². The molecule has 0 aliphatic rings. The van der Waals surface area contributed by atoms with Gasteiger partial charge in [-0.05, 0) is 32.9 Å². The highest BCUT2D eigenvalue weighted by Gasteiger charge is 2.13.